The van der Waals surface area contributed by atoms with E-state index in [2.05, 4.69) is 5.32 Å². The normalized spacial score (nSPS) is 11.4. The Balaban J connectivity index is 1.95. The van der Waals surface area contributed by atoms with Gasteiger partial charge in [-0.15, -0.1) is 0 Å². The summed E-state index contributed by atoms with van der Waals surface area (Å²) in [5, 5.41) is 7.58. The average molecular weight is 392 g/mol. The van der Waals surface area contributed by atoms with Gasteiger partial charge >= 0.3 is 5.63 Å². The van der Waals surface area contributed by atoms with Crippen molar-refractivity contribution in [3.8, 4) is 5.75 Å². The molecular formula is C17H13FN2O6S. The fraction of sp³-hybridized carbons (Fsp3) is 0.0588. The van der Waals surface area contributed by atoms with E-state index in [0.29, 0.717) is 17.2 Å². The fourth-order valence-electron chi connectivity index (χ4n) is 2.34. The summed E-state index contributed by atoms with van der Waals surface area (Å²) in [7, 11) is -2.63. The number of nitrogens with one attached hydrogen (secondary N) is 1. The molecule has 1 amide bonds. The Labute approximate surface area is 152 Å². The zero-order valence-corrected chi connectivity index (χ0v) is 14.7. The number of anilines is 1. The first kappa shape index (κ1) is 18.5. The van der Waals surface area contributed by atoms with Crippen LogP contribution in [-0.4, -0.2) is 21.4 Å². The van der Waals surface area contributed by atoms with Gasteiger partial charge in [0.2, 0.25) is 10.0 Å². The number of ether oxygens (including phenoxy) is 1. The maximum Gasteiger partial charge on any atom is 0.349 e. The van der Waals surface area contributed by atoms with Crippen LogP contribution < -0.4 is 20.8 Å². The molecule has 0 atom stereocenters. The molecule has 0 aliphatic carbocycles. The van der Waals surface area contributed by atoms with Crippen molar-refractivity contribution in [2.45, 2.75) is 4.90 Å². The molecule has 3 rings (SSSR count). The second kappa shape index (κ2) is 6.82. The van der Waals surface area contributed by atoms with Crippen molar-refractivity contribution < 1.29 is 26.8 Å². The van der Waals surface area contributed by atoms with Gasteiger partial charge < -0.3 is 14.5 Å². The third kappa shape index (κ3) is 3.81. The largest absolute Gasteiger partial charge is 0.497 e. The van der Waals surface area contributed by atoms with Crippen molar-refractivity contribution in [1.82, 2.24) is 0 Å². The van der Waals surface area contributed by atoms with Crippen molar-refractivity contribution in [2.24, 2.45) is 5.14 Å². The fourth-order valence-corrected chi connectivity index (χ4v) is 2.87. The molecule has 1 heterocycles. The summed E-state index contributed by atoms with van der Waals surface area (Å²) in [6, 6.07) is 8.73. The van der Waals surface area contributed by atoms with Crippen molar-refractivity contribution in [2.75, 3.05) is 12.4 Å². The first-order valence-electron chi connectivity index (χ1n) is 7.44. The molecule has 0 saturated heterocycles. The highest BCUT2D eigenvalue weighted by molar-refractivity contribution is 7.89. The molecule has 0 bridgehead atoms. The minimum absolute atomic E-state index is 0.222. The minimum atomic E-state index is -4.09. The Hall–Kier alpha value is -3.24. The SMILES string of the molecule is COc1ccc2cc(C(=O)Nc3ccc(S(N)(=O)=O)cc3F)c(=O)oc2c1. The molecule has 27 heavy (non-hydrogen) atoms. The highest BCUT2D eigenvalue weighted by Crippen LogP contribution is 2.22. The summed E-state index contributed by atoms with van der Waals surface area (Å²) >= 11 is 0. The highest BCUT2D eigenvalue weighted by Gasteiger charge is 2.17. The zero-order valence-electron chi connectivity index (χ0n) is 13.9. The molecule has 8 nitrogen and oxygen atoms in total. The van der Waals surface area contributed by atoms with Crippen LogP contribution in [0.4, 0.5) is 10.1 Å². The number of methoxy groups -OCH3 is 1. The number of carbonyl (C=O) groups excluding carboxylic acids is 1. The third-order valence-corrected chi connectivity index (χ3v) is 4.62. The van der Waals surface area contributed by atoms with E-state index in [1.165, 1.54) is 19.2 Å². The Kier molecular flexibility index (Phi) is 4.68. The lowest BCUT2D eigenvalue weighted by atomic mass is 10.1. The number of halogens is 1. The lowest BCUT2D eigenvalue weighted by Gasteiger charge is -2.08. The predicted molar refractivity (Wildman–Crippen MR) is 94.8 cm³/mol. The summed E-state index contributed by atoms with van der Waals surface area (Å²) in [5.74, 6) is -1.46. The Morgan fingerprint density at radius 3 is 2.56 bits per heavy atom. The molecule has 140 valence electrons. The minimum Gasteiger partial charge on any atom is -0.497 e. The first-order valence-corrected chi connectivity index (χ1v) is 8.99. The number of rotatable bonds is 4. The molecule has 3 N–H and O–H groups in total. The number of sulfonamides is 1. The number of fused-ring (bicyclic) bond motifs is 1. The maximum atomic E-state index is 14.0. The molecular weight excluding hydrogens is 379 g/mol. The van der Waals surface area contributed by atoms with E-state index in [-0.39, 0.29) is 16.8 Å². The summed E-state index contributed by atoms with van der Waals surface area (Å²) < 4.78 is 46.6. The lowest BCUT2D eigenvalue weighted by Crippen LogP contribution is -2.21. The Morgan fingerprint density at radius 1 is 1.19 bits per heavy atom. The van der Waals surface area contributed by atoms with Crippen molar-refractivity contribution in [1.29, 1.82) is 0 Å². The molecule has 0 radical (unpaired) electrons. The second-order valence-electron chi connectivity index (χ2n) is 5.49. The van der Waals surface area contributed by atoms with Gasteiger partial charge in [0.25, 0.3) is 5.91 Å². The summed E-state index contributed by atoms with van der Waals surface area (Å²) in [4.78, 5) is 24.0. The van der Waals surface area contributed by atoms with Gasteiger partial charge in [0.15, 0.2) is 0 Å². The smallest absolute Gasteiger partial charge is 0.349 e. The van der Waals surface area contributed by atoms with Crippen LogP contribution in [0.2, 0.25) is 0 Å². The summed E-state index contributed by atoms with van der Waals surface area (Å²) in [6.45, 7) is 0. The highest BCUT2D eigenvalue weighted by atomic mass is 32.2. The average Bonchev–Trinajstić information content (AvgIpc) is 2.61. The molecule has 3 aromatic rings. The molecule has 0 spiro atoms. The van der Waals surface area contributed by atoms with E-state index in [1.54, 1.807) is 12.1 Å². The third-order valence-electron chi connectivity index (χ3n) is 3.71. The van der Waals surface area contributed by atoms with E-state index in [1.807, 2.05) is 0 Å². The summed E-state index contributed by atoms with van der Waals surface area (Å²) in [5.41, 5.74) is -1.36. The number of hydrogen-bond donors (Lipinski definition) is 2. The Bertz CT molecular complexity index is 1220. The molecule has 0 aliphatic heterocycles. The van der Waals surface area contributed by atoms with Crippen molar-refractivity contribution in [3.05, 3.63) is 64.3 Å². The van der Waals surface area contributed by atoms with Gasteiger partial charge in [-0.25, -0.2) is 22.7 Å². The lowest BCUT2D eigenvalue weighted by molar-refractivity contribution is 0.102. The maximum absolute atomic E-state index is 14.0. The number of hydrogen-bond acceptors (Lipinski definition) is 6. The summed E-state index contributed by atoms with van der Waals surface area (Å²) in [6.07, 6.45) is 0. The number of primary sulfonamides is 1. The van der Waals surface area contributed by atoms with Crippen LogP contribution in [0.5, 0.6) is 5.75 Å². The predicted octanol–water partition coefficient (Wildman–Crippen LogP) is 1.84. The van der Waals surface area contributed by atoms with Crippen LogP contribution in [0, 0.1) is 5.82 Å². The monoisotopic (exact) mass is 392 g/mol. The standard InChI is InChI=1S/C17H13FN2O6S/c1-25-10-3-2-9-6-12(17(22)26-15(9)7-10)16(21)20-14-5-4-11(8-13(14)18)27(19,23)24/h2-8H,1H3,(H,20,21)(H2,19,23,24). The van der Waals surface area contributed by atoms with E-state index < -0.39 is 32.3 Å². The molecule has 2 aromatic carbocycles. The van der Waals surface area contributed by atoms with Crippen LogP contribution in [0.15, 0.2) is 56.6 Å². The van der Waals surface area contributed by atoms with Crippen LogP contribution in [0.25, 0.3) is 11.0 Å². The first-order chi connectivity index (χ1) is 12.7. The second-order valence-corrected chi connectivity index (χ2v) is 7.05. The van der Waals surface area contributed by atoms with E-state index >= 15 is 0 Å². The molecule has 0 fully saturated rings. The topological polar surface area (TPSA) is 129 Å². The van der Waals surface area contributed by atoms with E-state index in [9.17, 15) is 22.4 Å². The van der Waals surface area contributed by atoms with Crippen LogP contribution in [0.3, 0.4) is 0 Å². The van der Waals surface area contributed by atoms with Gasteiger partial charge in [0, 0.05) is 11.5 Å². The van der Waals surface area contributed by atoms with Crippen molar-refractivity contribution in [3.63, 3.8) is 0 Å². The number of amides is 1. The van der Waals surface area contributed by atoms with Gasteiger partial charge in [-0.1, -0.05) is 0 Å². The molecule has 10 heteroatoms. The van der Waals surface area contributed by atoms with Crippen LogP contribution in [-0.2, 0) is 10.0 Å². The van der Waals surface area contributed by atoms with Crippen molar-refractivity contribution >= 4 is 32.6 Å². The molecule has 1 aromatic heterocycles. The van der Waals surface area contributed by atoms with Gasteiger partial charge in [-0.3, -0.25) is 4.79 Å². The number of nitrogens with two attached hydrogens (primary N) is 1. The molecule has 0 unspecified atom stereocenters. The van der Waals surface area contributed by atoms with E-state index in [0.717, 1.165) is 12.1 Å². The molecule has 0 aliphatic rings. The van der Waals surface area contributed by atoms with Gasteiger partial charge in [-0.2, -0.15) is 0 Å². The zero-order chi connectivity index (χ0) is 19.8. The van der Waals surface area contributed by atoms with Crippen LogP contribution in [0.1, 0.15) is 10.4 Å². The van der Waals surface area contributed by atoms with Gasteiger partial charge in [0.1, 0.15) is 22.7 Å². The number of carbonyl (C=O) groups is 1. The Morgan fingerprint density at radius 2 is 1.93 bits per heavy atom. The van der Waals surface area contributed by atoms with Gasteiger partial charge in [0.05, 0.1) is 17.7 Å². The van der Waals surface area contributed by atoms with Crippen LogP contribution >= 0.6 is 0 Å². The number of benzene rings is 2. The van der Waals surface area contributed by atoms with E-state index in [4.69, 9.17) is 14.3 Å². The van der Waals surface area contributed by atoms with Gasteiger partial charge in [-0.05, 0) is 36.4 Å². The quantitative estimate of drug-likeness (QED) is 0.652. The molecule has 0 saturated carbocycles.